The van der Waals surface area contributed by atoms with Crippen LogP contribution in [-0.4, -0.2) is 0 Å². The topological polar surface area (TPSA) is 16.4 Å². The molecule has 12 rings (SSSR count). The number of fused-ring (bicyclic) bond motifs is 9. The highest BCUT2D eigenvalue weighted by atomic mass is 32.1. The molecule has 0 N–H and O–H groups in total. The third kappa shape index (κ3) is 5.55. The normalized spacial score (nSPS) is 11.7. The van der Waals surface area contributed by atoms with E-state index in [0.29, 0.717) is 0 Å². The number of hydrogen-bond donors (Lipinski definition) is 0. The Morgan fingerprint density at radius 2 is 0.983 bits per heavy atom. The second-order valence-corrected chi connectivity index (χ2v) is 16.3. The minimum Gasteiger partial charge on any atom is -0.454 e. The summed E-state index contributed by atoms with van der Waals surface area (Å²) in [6.45, 7) is 0. The minimum absolute atomic E-state index is 0.860. The summed E-state index contributed by atoms with van der Waals surface area (Å²) in [5, 5.41) is 9.85. The molecule has 0 aliphatic carbocycles. The van der Waals surface area contributed by atoms with Gasteiger partial charge in [0, 0.05) is 42.3 Å². The van der Waals surface area contributed by atoms with Crippen LogP contribution in [0.5, 0.6) is 0 Å². The maximum Gasteiger partial charge on any atom is 0.159 e. The largest absolute Gasteiger partial charge is 0.454 e. The first-order valence-electron chi connectivity index (χ1n) is 20.1. The molecule has 0 saturated heterocycles. The summed E-state index contributed by atoms with van der Waals surface area (Å²) in [7, 11) is 0. The van der Waals surface area contributed by atoms with E-state index in [9.17, 15) is 0 Å². The molecule has 0 bridgehead atoms. The fraction of sp³-hybridized carbons (Fsp3) is 0. The van der Waals surface area contributed by atoms with Crippen LogP contribution in [0.25, 0.3) is 97.0 Å². The van der Waals surface area contributed by atoms with Crippen molar-refractivity contribution in [2.75, 3.05) is 4.90 Å². The molecule has 0 fully saturated rings. The molecule has 0 amide bonds. The van der Waals surface area contributed by atoms with Crippen LogP contribution in [-0.2, 0) is 0 Å². The van der Waals surface area contributed by atoms with Crippen LogP contribution in [0.2, 0.25) is 0 Å². The first-order valence-corrected chi connectivity index (χ1v) is 20.9. The van der Waals surface area contributed by atoms with Crippen LogP contribution >= 0.6 is 11.3 Å². The van der Waals surface area contributed by atoms with Gasteiger partial charge in [0.05, 0.1) is 5.69 Å². The second-order valence-electron chi connectivity index (χ2n) is 15.2. The smallest absolute Gasteiger partial charge is 0.159 e. The molecule has 0 radical (unpaired) electrons. The van der Waals surface area contributed by atoms with Crippen molar-refractivity contribution in [2.45, 2.75) is 0 Å². The summed E-state index contributed by atoms with van der Waals surface area (Å²) >= 11 is 1.86. The summed E-state index contributed by atoms with van der Waals surface area (Å²) < 4.78 is 9.33. The van der Waals surface area contributed by atoms with Gasteiger partial charge in [0.15, 0.2) is 5.58 Å². The number of furan rings is 1. The van der Waals surface area contributed by atoms with Crippen molar-refractivity contribution in [3.63, 3.8) is 0 Å². The number of nitrogens with zero attached hydrogens (tertiary/aromatic N) is 1. The van der Waals surface area contributed by atoms with Gasteiger partial charge in [0.25, 0.3) is 0 Å². The highest BCUT2D eigenvalue weighted by Crippen LogP contribution is 2.46. The Balaban J connectivity index is 1.06. The first kappa shape index (κ1) is 33.7. The minimum atomic E-state index is 0.860. The monoisotopic (exact) mass is 769 g/mol. The van der Waals surface area contributed by atoms with E-state index >= 15 is 0 Å². The Morgan fingerprint density at radius 3 is 1.85 bits per heavy atom. The summed E-state index contributed by atoms with van der Waals surface area (Å²) in [4.78, 5) is 2.36. The van der Waals surface area contributed by atoms with Gasteiger partial charge >= 0.3 is 0 Å². The molecule has 10 aromatic carbocycles. The van der Waals surface area contributed by atoms with Crippen molar-refractivity contribution in [1.82, 2.24) is 0 Å². The molecule has 12 aromatic rings. The molecule has 0 aliphatic heterocycles. The standard InChI is InChI=1S/C56H35NOS/c1-2-13-36(14-3-1)51-35-41(30-32-43(51)39-27-31-48-47-20-9-11-24-54(47)59-55(48)34-39)57(52-22-12-21-49-46-19-8-10-23-53(46)58-56(49)52)40-28-25-37(26-29-40)50-33-38-15-4-5-16-42(38)44-17-6-7-18-45(44)50/h1-35H. The summed E-state index contributed by atoms with van der Waals surface area (Å²) in [5.41, 5.74) is 12.0. The number of para-hydroxylation sites is 2. The zero-order chi connectivity index (χ0) is 38.9. The lowest BCUT2D eigenvalue weighted by Gasteiger charge is -2.27. The van der Waals surface area contributed by atoms with Crippen LogP contribution in [0.4, 0.5) is 17.1 Å². The van der Waals surface area contributed by atoms with Crippen LogP contribution in [0.15, 0.2) is 217 Å². The molecule has 2 aromatic heterocycles. The fourth-order valence-electron chi connectivity index (χ4n) is 9.09. The lowest BCUT2D eigenvalue weighted by Crippen LogP contribution is -2.10. The van der Waals surface area contributed by atoms with Gasteiger partial charge in [-0.05, 0) is 110 Å². The van der Waals surface area contributed by atoms with Crippen molar-refractivity contribution in [1.29, 1.82) is 0 Å². The van der Waals surface area contributed by atoms with Crippen molar-refractivity contribution in [2.24, 2.45) is 0 Å². The van der Waals surface area contributed by atoms with E-state index in [-0.39, 0.29) is 0 Å². The third-order valence-corrected chi connectivity index (χ3v) is 13.0. The van der Waals surface area contributed by atoms with E-state index in [0.717, 1.165) is 39.0 Å². The van der Waals surface area contributed by atoms with Gasteiger partial charge < -0.3 is 9.32 Å². The van der Waals surface area contributed by atoms with Crippen molar-refractivity contribution in [3.8, 4) is 33.4 Å². The van der Waals surface area contributed by atoms with Gasteiger partial charge in [-0.2, -0.15) is 0 Å². The Morgan fingerprint density at radius 1 is 0.339 bits per heavy atom. The number of anilines is 3. The lowest BCUT2D eigenvalue weighted by atomic mass is 9.92. The zero-order valence-electron chi connectivity index (χ0n) is 32.0. The average Bonchev–Trinajstić information content (AvgIpc) is 3.88. The Labute approximate surface area is 345 Å². The van der Waals surface area contributed by atoms with Gasteiger partial charge in [0.1, 0.15) is 5.58 Å². The van der Waals surface area contributed by atoms with E-state index in [4.69, 9.17) is 4.42 Å². The highest BCUT2D eigenvalue weighted by molar-refractivity contribution is 7.25. The van der Waals surface area contributed by atoms with Crippen LogP contribution in [0.3, 0.4) is 0 Å². The molecule has 2 heterocycles. The van der Waals surface area contributed by atoms with E-state index in [1.165, 1.54) is 75.1 Å². The fourth-order valence-corrected chi connectivity index (χ4v) is 10.2. The van der Waals surface area contributed by atoms with E-state index in [1.54, 1.807) is 0 Å². The maximum absolute atomic E-state index is 6.72. The van der Waals surface area contributed by atoms with Crippen molar-refractivity contribution < 1.29 is 4.42 Å². The molecule has 0 atom stereocenters. The summed E-state index contributed by atoms with van der Waals surface area (Å²) in [5.74, 6) is 0. The highest BCUT2D eigenvalue weighted by Gasteiger charge is 2.22. The predicted octanol–water partition coefficient (Wildman–Crippen LogP) is 16.7. The molecule has 276 valence electrons. The van der Waals surface area contributed by atoms with E-state index in [1.807, 2.05) is 17.4 Å². The van der Waals surface area contributed by atoms with Gasteiger partial charge in [-0.15, -0.1) is 11.3 Å². The van der Waals surface area contributed by atoms with Crippen molar-refractivity contribution >= 4 is 92.1 Å². The molecule has 3 heteroatoms. The molecular weight excluding hydrogens is 735 g/mol. The second kappa shape index (κ2) is 13.6. The molecular formula is C56H35NOS. The maximum atomic E-state index is 6.72. The molecule has 0 spiro atoms. The van der Waals surface area contributed by atoms with Gasteiger partial charge in [0.2, 0.25) is 0 Å². The summed E-state index contributed by atoms with van der Waals surface area (Å²) in [6.07, 6.45) is 0. The van der Waals surface area contributed by atoms with E-state index in [2.05, 4.69) is 211 Å². The number of thiophene rings is 1. The molecule has 0 aliphatic rings. The van der Waals surface area contributed by atoms with Gasteiger partial charge in [-0.1, -0.05) is 158 Å². The predicted molar refractivity (Wildman–Crippen MR) is 253 cm³/mol. The van der Waals surface area contributed by atoms with Crippen LogP contribution < -0.4 is 4.90 Å². The number of hydrogen-bond acceptors (Lipinski definition) is 3. The zero-order valence-corrected chi connectivity index (χ0v) is 32.8. The quantitative estimate of drug-likeness (QED) is 0.157. The molecule has 0 unspecified atom stereocenters. The number of rotatable bonds is 6. The number of benzene rings is 10. The molecule has 2 nitrogen and oxygen atoms in total. The third-order valence-electron chi connectivity index (χ3n) is 11.9. The lowest BCUT2D eigenvalue weighted by molar-refractivity contribution is 0.669. The van der Waals surface area contributed by atoms with Gasteiger partial charge in [-0.25, -0.2) is 0 Å². The first-order chi connectivity index (χ1) is 29.2. The Bertz CT molecular complexity index is 3560. The van der Waals surface area contributed by atoms with Crippen molar-refractivity contribution in [3.05, 3.63) is 212 Å². The average molecular weight is 770 g/mol. The Hall–Kier alpha value is -7.46. The molecule has 0 saturated carbocycles. The van der Waals surface area contributed by atoms with Crippen LogP contribution in [0, 0.1) is 0 Å². The van der Waals surface area contributed by atoms with E-state index < -0.39 is 0 Å². The molecule has 59 heavy (non-hydrogen) atoms. The Kier molecular flexibility index (Phi) is 7.75. The van der Waals surface area contributed by atoms with Crippen LogP contribution in [0.1, 0.15) is 0 Å². The van der Waals surface area contributed by atoms with Gasteiger partial charge in [-0.3, -0.25) is 0 Å². The SMILES string of the molecule is c1ccc(-c2cc(N(c3ccc(-c4cc5ccccc5c5ccccc45)cc3)c3cccc4c3oc3ccccc34)ccc2-c2ccc3c(c2)sc2ccccc23)cc1. The summed E-state index contributed by atoms with van der Waals surface area (Å²) in [6, 6.07) is 77.0.